The van der Waals surface area contributed by atoms with Gasteiger partial charge in [0.15, 0.2) is 0 Å². The van der Waals surface area contributed by atoms with Crippen molar-refractivity contribution in [1.82, 2.24) is 28.6 Å². The van der Waals surface area contributed by atoms with E-state index < -0.39 is 26.9 Å². The van der Waals surface area contributed by atoms with Gasteiger partial charge >= 0.3 is 254 Å². The van der Waals surface area contributed by atoms with Crippen LogP contribution in [-0.4, -0.2) is 85.9 Å². The number of carbonyl (C=O) groups is 3. The van der Waals surface area contributed by atoms with Crippen LogP contribution in [-0.2, 0) is 17.8 Å². The van der Waals surface area contributed by atoms with E-state index in [0.29, 0.717) is 35.2 Å². The molecule has 2 atom stereocenters. The number of rotatable bonds is 7. The minimum absolute atomic E-state index is 0.126. The van der Waals surface area contributed by atoms with E-state index in [2.05, 4.69) is 30.8 Å². The fraction of sp³-hybridized carbons (Fsp3) is 0.481. The molecule has 2 aliphatic heterocycles. The maximum atomic E-state index is 13.3. The fourth-order valence-electron chi connectivity index (χ4n) is 4.91. The van der Waals surface area contributed by atoms with Gasteiger partial charge in [-0.15, -0.1) is 0 Å². The van der Waals surface area contributed by atoms with Gasteiger partial charge in [0.2, 0.25) is 0 Å². The average molecular weight is 700 g/mol. The van der Waals surface area contributed by atoms with Gasteiger partial charge in [0.25, 0.3) is 0 Å². The molecular formula is C27H33ClIN6O4S-. The minimum atomic E-state index is -0.968. The molecule has 0 saturated carbocycles. The summed E-state index contributed by atoms with van der Waals surface area (Å²) in [5.41, 5.74) is 1.34. The SMILES string of the molecule is CN1CCc2nc(C(=O)N[I-]C3CN(C(=O)C(C)(C)CO)CC[C@@H]3NC(=O)c3cc4cc(Cl)ccc4[nH]3)sc2C1. The standard InChI is InChI=1S/C27H33ClIN6O4S/c1-27(2,14-36)26(39)35-9-7-19(31-23(37)21-11-15-10-16(28)4-5-18(15)30-21)17(12-35)29-33-24(38)25-32-20-6-8-34(3)13-22(20)40-25/h4-5,10-11,17,19,30,36H,6-9,12-14H2,1-3H3,(H,31,37)(H,33,38)/q-1/t17?,19-/m0/s1. The number of hydrogen-bond acceptors (Lipinski definition) is 7. The number of nitrogens with one attached hydrogen (secondary N) is 3. The quantitative estimate of drug-likeness (QED) is 0.148. The van der Waals surface area contributed by atoms with Crippen LogP contribution in [0.25, 0.3) is 10.9 Å². The molecule has 10 nitrogen and oxygen atoms in total. The molecule has 5 rings (SSSR count). The number of likely N-dealkylation sites (tertiary alicyclic amines) is 1. The summed E-state index contributed by atoms with van der Waals surface area (Å²) in [5.74, 6) is -0.583. The van der Waals surface area contributed by atoms with Crippen molar-refractivity contribution in [1.29, 1.82) is 0 Å². The van der Waals surface area contributed by atoms with E-state index >= 15 is 0 Å². The third-order valence-electron chi connectivity index (χ3n) is 7.34. The molecule has 3 amide bonds. The molecule has 2 aliphatic rings. The second kappa shape index (κ2) is 11.9. The summed E-state index contributed by atoms with van der Waals surface area (Å²) in [6.07, 6.45) is 1.38. The zero-order valence-corrected chi connectivity index (χ0v) is 26.3. The van der Waals surface area contributed by atoms with Crippen molar-refractivity contribution in [2.24, 2.45) is 5.41 Å². The van der Waals surface area contributed by atoms with E-state index in [9.17, 15) is 19.5 Å². The van der Waals surface area contributed by atoms with E-state index in [1.54, 1.807) is 36.9 Å². The topological polar surface area (TPSA) is 131 Å². The zero-order valence-electron chi connectivity index (χ0n) is 22.6. The molecule has 0 spiro atoms. The van der Waals surface area contributed by atoms with Crippen molar-refractivity contribution < 1.29 is 41.0 Å². The molecule has 1 aromatic carbocycles. The summed E-state index contributed by atoms with van der Waals surface area (Å²) in [4.78, 5) is 52.3. The molecule has 216 valence electrons. The molecule has 13 heteroatoms. The Bertz CT molecular complexity index is 1440. The van der Waals surface area contributed by atoms with E-state index in [1.807, 2.05) is 6.07 Å². The zero-order chi connectivity index (χ0) is 28.6. The molecule has 2 aromatic heterocycles. The number of aliphatic hydroxyl groups is 1. The molecule has 40 heavy (non-hydrogen) atoms. The number of H-pyrrole nitrogens is 1. The number of aromatic nitrogens is 2. The van der Waals surface area contributed by atoms with Gasteiger partial charge in [0, 0.05) is 0 Å². The number of piperidine rings is 1. The molecule has 4 heterocycles. The predicted molar refractivity (Wildman–Crippen MR) is 150 cm³/mol. The first-order valence-corrected chi connectivity index (χ1v) is 16.6. The van der Waals surface area contributed by atoms with Crippen LogP contribution in [0, 0.1) is 5.41 Å². The average Bonchev–Trinajstić information content (AvgIpc) is 3.55. The van der Waals surface area contributed by atoms with Gasteiger partial charge in [-0.3, -0.25) is 0 Å². The molecule has 1 fully saturated rings. The number of amides is 3. The molecule has 0 bridgehead atoms. The molecule has 1 unspecified atom stereocenters. The normalized spacial score (nSPS) is 20.0. The molecule has 0 radical (unpaired) electrons. The Morgan fingerprint density at radius 3 is 2.83 bits per heavy atom. The Hall–Kier alpha value is -2.26. The van der Waals surface area contributed by atoms with E-state index in [-0.39, 0.29) is 34.3 Å². The van der Waals surface area contributed by atoms with E-state index in [4.69, 9.17) is 11.6 Å². The second-order valence-electron chi connectivity index (χ2n) is 11.0. The predicted octanol–water partition coefficient (Wildman–Crippen LogP) is -0.582. The second-order valence-corrected chi connectivity index (χ2v) is 15.3. The maximum absolute atomic E-state index is 13.3. The van der Waals surface area contributed by atoms with E-state index in [1.165, 1.54) is 11.3 Å². The monoisotopic (exact) mass is 699 g/mol. The first-order valence-electron chi connectivity index (χ1n) is 13.1. The van der Waals surface area contributed by atoms with Gasteiger partial charge in [-0.05, 0) is 0 Å². The third kappa shape index (κ3) is 6.30. The van der Waals surface area contributed by atoms with Crippen LogP contribution in [0.3, 0.4) is 0 Å². The number of thiazole rings is 1. The fourth-order valence-corrected chi connectivity index (χ4v) is 8.94. The van der Waals surface area contributed by atoms with Crippen LogP contribution in [0.15, 0.2) is 24.3 Å². The van der Waals surface area contributed by atoms with Gasteiger partial charge < -0.3 is 0 Å². The molecule has 1 saturated heterocycles. The van der Waals surface area contributed by atoms with Crippen molar-refractivity contribution in [3.05, 3.63) is 50.6 Å². The Kier molecular flexibility index (Phi) is 8.72. The number of halogens is 2. The number of fused-ring (bicyclic) bond motifs is 2. The van der Waals surface area contributed by atoms with Gasteiger partial charge in [-0.2, -0.15) is 0 Å². The van der Waals surface area contributed by atoms with Crippen molar-refractivity contribution in [2.45, 2.75) is 43.2 Å². The van der Waals surface area contributed by atoms with Crippen LogP contribution in [0.1, 0.15) is 51.1 Å². The van der Waals surface area contributed by atoms with Crippen LogP contribution >= 0.6 is 22.9 Å². The van der Waals surface area contributed by atoms with E-state index in [0.717, 1.165) is 41.0 Å². The summed E-state index contributed by atoms with van der Waals surface area (Å²) in [6.45, 7) is 5.75. The van der Waals surface area contributed by atoms with Gasteiger partial charge in [-0.25, -0.2) is 0 Å². The molecule has 3 aromatic rings. The number of hydrogen-bond donors (Lipinski definition) is 4. The first kappa shape index (κ1) is 29.2. The first-order chi connectivity index (χ1) is 19.0. The summed E-state index contributed by atoms with van der Waals surface area (Å²) >= 11 is 6.57. The Balaban J connectivity index is 1.30. The van der Waals surface area contributed by atoms with Gasteiger partial charge in [0.1, 0.15) is 0 Å². The molecule has 0 aliphatic carbocycles. The number of aromatic amines is 1. The molecule has 4 N–H and O–H groups in total. The van der Waals surface area contributed by atoms with Crippen LogP contribution < -0.4 is 30.3 Å². The van der Waals surface area contributed by atoms with Gasteiger partial charge in [-0.1, -0.05) is 0 Å². The van der Waals surface area contributed by atoms with Crippen LogP contribution in [0.5, 0.6) is 0 Å². The number of alkyl halides is 1. The number of benzene rings is 1. The summed E-state index contributed by atoms with van der Waals surface area (Å²) in [5, 5.41) is 14.8. The van der Waals surface area contributed by atoms with Crippen molar-refractivity contribution >= 4 is 51.6 Å². The molecular weight excluding hydrogens is 667 g/mol. The van der Waals surface area contributed by atoms with Crippen molar-refractivity contribution in [2.75, 3.05) is 33.3 Å². The van der Waals surface area contributed by atoms with Crippen molar-refractivity contribution in [3.63, 3.8) is 0 Å². The Morgan fingerprint density at radius 2 is 2.05 bits per heavy atom. The van der Waals surface area contributed by atoms with Crippen LogP contribution in [0.2, 0.25) is 5.02 Å². The summed E-state index contributed by atoms with van der Waals surface area (Å²) in [7, 11) is 2.06. The number of carbonyl (C=O) groups excluding carboxylic acids is 3. The Labute approximate surface area is 252 Å². The summed E-state index contributed by atoms with van der Waals surface area (Å²) in [6, 6.07) is 6.94. The number of nitrogens with zero attached hydrogens (tertiary/aromatic N) is 3. The number of likely N-dealkylation sites (N-methyl/N-ethyl adjacent to an activating group) is 1. The third-order valence-corrected chi connectivity index (χ3v) is 11.5. The summed E-state index contributed by atoms with van der Waals surface area (Å²) < 4.78 is 2.99. The number of aliphatic hydroxyl groups excluding tert-OH is 1. The van der Waals surface area contributed by atoms with Crippen LogP contribution in [0.4, 0.5) is 0 Å². The van der Waals surface area contributed by atoms with Gasteiger partial charge in [0.05, 0.1) is 0 Å². The van der Waals surface area contributed by atoms with Crippen molar-refractivity contribution in [3.8, 4) is 0 Å². The Morgan fingerprint density at radius 1 is 1.25 bits per heavy atom.